The van der Waals surface area contributed by atoms with Crippen molar-refractivity contribution in [2.45, 2.75) is 46.1 Å². The van der Waals surface area contributed by atoms with Crippen LogP contribution >= 0.6 is 0 Å². The molecular formula is C22H26N4O. The molecule has 4 rings (SSSR count). The molecular weight excluding hydrogens is 336 g/mol. The molecule has 1 atom stereocenters. The molecule has 3 heterocycles. The van der Waals surface area contributed by atoms with Gasteiger partial charge in [0, 0.05) is 31.3 Å². The number of aromatic nitrogens is 3. The molecule has 1 fully saturated rings. The number of fused-ring (bicyclic) bond motifs is 1. The van der Waals surface area contributed by atoms with Crippen LogP contribution in [0, 0.1) is 13.8 Å². The van der Waals surface area contributed by atoms with Crippen LogP contribution in [0.4, 0.5) is 0 Å². The molecule has 0 saturated carbocycles. The van der Waals surface area contributed by atoms with Gasteiger partial charge < -0.3 is 9.47 Å². The lowest BCUT2D eigenvalue weighted by Crippen LogP contribution is -2.30. The van der Waals surface area contributed by atoms with Crippen LogP contribution in [0.1, 0.15) is 53.1 Å². The fraction of sp³-hybridized carbons (Fsp3) is 0.409. The molecule has 27 heavy (non-hydrogen) atoms. The van der Waals surface area contributed by atoms with Crippen LogP contribution in [-0.2, 0) is 6.42 Å². The second kappa shape index (κ2) is 7.14. The molecule has 0 unspecified atom stereocenters. The minimum atomic E-state index is 0.133. The molecule has 5 nitrogen and oxygen atoms in total. The Kier molecular flexibility index (Phi) is 4.68. The maximum Gasteiger partial charge on any atom is 0.254 e. The van der Waals surface area contributed by atoms with Crippen molar-refractivity contribution in [3.8, 4) is 0 Å². The zero-order valence-corrected chi connectivity index (χ0v) is 16.3. The molecule has 0 spiro atoms. The summed E-state index contributed by atoms with van der Waals surface area (Å²) in [5.74, 6) is 1.21. The fourth-order valence-electron chi connectivity index (χ4n) is 4.03. The summed E-state index contributed by atoms with van der Waals surface area (Å²) in [7, 11) is 0. The van der Waals surface area contributed by atoms with Crippen molar-refractivity contribution in [3.63, 3.8) is 0 Å². The Morgan fingerprint density at radius 1 is 1.26 bits per heavy atom. The number of carbonyl (C=O) groups is 1. The highest BCUT2D eigenvalue weighted by molar-refractivity contribution is 5.96. The van der Waals surface area contributed by atoms with E-state index in [9.17, 15) is 4.79 Å². The number of imidazole rings is 1. The van der Waals surface area contributed by atoms with Gasteiger partial charge in [-0.25, -0.2) is 9.97 Å². The predicted molar refractivity (Wildman–Crippen MR) is 107 cm³/mol. The van der Waals surface area contributed by atoms with Crippen LogP contribution in [0.25, 0.3) is 11.2 Å². The monoisotopic (exact) mass is 362 g/mol. The second-order valence-corrected chi connectivity index (χ2v) is 7.51. The summed E-state index contributed by atoms with van der Waals surface area (Å²) in [4.78, 5) is 24.5. The lowest BCUT2D eigenvalue weighted by Gasteiger charge is -2.20. The zero-order valence-electron chi connectivity index (χ0n) is 16.3. The van der Waals surface area contributed by atoms with E-state index >= 15 is 0 Å². The highest BCUT2D eigenvalue weighted by Gasteiger charge is 2.31. The second-order valence-electron chi connectivity index (χ2n) is 7.51. The highest BCUT2D eigenvalue weighted by atomic mass is 16.2. The summed E-state index contributed by atoms with van der Waals surface area (Å²) < 4.78 is 2.27. The Hall–Kier alpha value is -2.69. The lowest BCUT2D eigenvalue weighted by molar-refractivity contribution is 0.0787. The van der Waals surface area contributed by atoms with E-state index in [-0.39, 0.29) is 11.9 Å². The van der Waals surface area contributed by atoms with E-state index in [1.54, 1.807) is 0 Å². The van der Waals surface area contributed by atoms with Crippen molar-refractivity contribution in [1.29, 1.82) is 0 Å². The number of carbonyl (C=O) groups excluding carboxylic acids is 1. The van der Waals surface area contributed by atoms with Gasteiger partial charge in [0.05, 0.1) is 6.04 Å². The summed E-state index contributed by atoms with van der Waals surface area (Å²) in [5, 5.41) is 0. The summed E-state index contributed by atoms with van der Waals surface area (Å²) in [5.41, 5.74) is 4.86. The van der Waals surface area contributed by atoms with Gasteiger partial charge in [0.1, 0.15) is 11.3 Å². The molecule has 1 saturated heterocycles. The normalized spacial score (nSPS) is 17.0. The minimum absolute atomic E-state index is 0.133. The number of hydrogen-bond acceptors (Lipinski definition) is 3. The molecule has 0 N–H and O–H groups in total. The number of likely N-dealkylation sites (tertiary alicyclic amines) is 1. The van der Waals surface area contributed by atoms with E-state index in [2.05, 4.69) is 22.5 Å². The van der Waals surface area contributed by atoms with Crippen molar-refractivity contribution in [1.82, 2.24) is 19.4 Å². The number of aryl methyl sites for hydroxylation is 3. The van der Waals surface area contributed by atoms with Crippen molar-refractivity contribution in [2.24, 2.45) is 0 Å². The molecule has 1 aliphatic heterocycles. The summed E-state index contributed by atoms with van der Waals surface area (Å²) >= 11 is 0. The molecule has 0 radical (unpaired) electrons. The Balaban J connectivity index is 1.63. The van der Waals surface area contributed by atoms with E-state index in [1.807, 2.05) is 49.2 Å². The van der Waals surface area contributed by atoms with Crippen molar-refractivity contribution in [2.75, 3.05) is 13.1 Å². The molecule has 0 bridgehead atoms. The summed E-state index contributed by atoms with van der Waals surface area (Å²) in [6.07, 6.45) is 4.73. The summed E-state index contributed by atoms with van der Waals surface area (Å²) in [6, 6.07) is 10.3. The standard InChI is InChI=1S/C22H26N4O/c1-4-6-20-24-19-7-5-11-23-21(19)26(20)17-10-12-25(14-17)22(27)18-13-15(2)8-9-16(18)3/h5,7-9,11,13,17H,4,6,10,12,14H2,1-3H3/t17-/m0/s1. The molecule has 2 aromatic heterocycles. The van der Waals surface area contributed by atoms with E-state index in [4.69, 9.17) is 4.98 Å². The number of amides is 1. The average Bonchev–Trinajstić information content (AvgIpc) is 3.27. The van der Waals surface area contributed by atoms with E-state index in [1.165, 1.54) is 0 Å². The van der Waals surface area contributed by atoms with Crippen LogP contribution in [0.15, 0.2) is 36.5 Å². The van der Waals surface area contributed by atoms with Crippen LogP contribution in [0.3, 0.4) is 0 Å². The first-order valence-corrected chi connectivity index (χ1v) is 9.77. The molecule has 1 amide bonds. The van der Waals surface area contributed by atoms with Crippen molar-refractivity contribution >= 4 is 17.1 Å². The smallest absolute Gasteiger partial charge is 0.254 e. The highest BCUT2D eigenvalue weighted by Crippen LogP contribution is 2.29. The Morgan fingerprint density at radius 3 is 2.93 bits per heavy atom. The van der Waals surface area contributed by atoms with Crippen LogP contribution < -0.4 is 0 Å². The number of pyridine rings is 1. The third kappa shape index (κ3) is 3.22. The first-order valence-electron chi connectivity index (χ1n) is 9.77. The number of hydrogen-bond donors (Lipinski definition) is 0. The van der Waals surface area contributed by atoms with Gasteiger partial charge in [-0.05, 0) is 50.5 Å². The number of rotatable bonds is 4. The molecule has 1 aliphatic rings. The van der Waals surface area contributed by atoms with Gasteiger partial charge in [0.2, 0.25) is 0 Å². The largest absolute Gasteiger partial charge is 0.336 e. The maximum atomic E-state index is 13.1. The minimum Gasteiger partial charge on any atom is -0.336 e. The van der Waals surface area contributed by atoms with Crippen LogP contribution in [-0.4, -0.2) is 38.4 Å². The van der Waals surface area contributed by atoms with Gasteiger partial charge in [-0.15, -0.1) is 0 Å². The number of nitrogens with zero attached hydrogens (tertiary/aromatic N) is 4. The van der Waals surface area contributed by atoms with Crippen LogP contribution in [0.5, 0.6) is 0 Å². The molecule has 1 aromatic carbocycles. The average molecular weight is 362 g/mol. The quantitative estimate of drug-likeness (QED) is 0.702. The van der Waals surface area contributed by atoms with Crippen molar-refractivity contribution < 1.29 is 4.79 Å². The first-order chi connectivity index (χ1) is 13.1. The van der Waals surface area contributed by atoms with Gasteiger partial charge in [-0.2, -0.15) is 0 Å². The SMILES string of the molecule is CCCc1nc2cccnc2n1[C@H]1CCN(C(=O)c2cc(C)ccc2C)C1. The topological polar surface area (TPSA) is 51.0 Å². The lowest BCUT2D eigenvalue weighted by atomic mass is 10.0. The molecule has 0 aliphatic carbocycles. The first kappa shape index (κ1) is 17.7. The Labute approximate surface area is 160 Å². The Bertz CT molecular complexity index is 991. The van der Waals surface area contributed by atoms with E-state index in [0.29, 0.717) is 6.54 Å². The van der Waals surface area contributed by atoms with Gasteiger partial charge in [-0.3, -0.25) is 4.79 Å². The van der Waals surface area contributed by atoms with Gasteiger partial charge >= 0.3 is 0 Å². The van der Waals surface area contributed by atoms with Crippen molar-refractivity contribution in [3.05, 3.63) is 59.0 Å². The third-order valence-electron chi connectivity index (χ3n) is 5.43. The number of benzene rings is 1. The summed E-state index contributed by atoms with van der Waals surface area (Å²) in [6.45, 7) is 7.69. The zero-order chi connectivity index (χ0) is 19.0. The van der Waals surface area contributed by atoms with Crippen LogP contribution in [0.2, 0.25) is 0 Å². The van der Waals surface area contributed by atoms with E-state index in [0.717, 1.165) is 59.5 Å². The van der Waals surface area contributed by atoms with Gasteiger partial charge in [0.25, 0.3) is 5.91 Å². The fourth-order valence-corrected chi connectivity index (χ4v) is 4.03. The van der Waals surface area contributed by atoms with Gasteiger partial charge in [-0.1, -0.05) is 24.6 Å². The Morgan fingerprint density at radius 2 is 2.11 bits per heavy atom. The predicted octanol–water partition coefficient (Wildman–Crippen LogP) is 4.09. The molecule has 5 heteroatoms. The molecule has 140 valence electrons. The molecule has 3 aromatic rings. The van der Waals surface area contributed by atoms with Gasteiger partial charge in [0.15, 0.2) is 5.65 Å². The van der Waals surface area contributed by atoms with E-state index < -0.39 is 0 Å². The third-order valence-corrected chi connectivity index (χ3v) is 5.43. The maximum absolute atomic E-state index is 13.1.